The Morgan fingerprint density at radius 3 is 2.47 bits per heavy atom. The molecule has 6 unspecified atom stereocenters. The number of carbonyl (C=O) groups is 1. The van der Waals surface area contributed by atoms with Crippen molar-refractivity contribution in [3.05, 3.63) is 108 Å². The second-order valence-corrected chi connectivity index (χ2v) is 15.0. The summed E-state index contributed by atoms with van der Waals surface area (Å²) in [6.45, 7) is 15.7. The molecule has 3 aromatic rings. The van der Waals surface area contributed by atoms with Gasteiger partial charge in [-0.25, -0.2) is 4.79 Å². The second-order valence-electron chi connectivity index (χ2n) is 15.0. The van der Waals surface area contributed by atoms with E-state index < -0.39 is 12.4 Å². The number of nitrogens with one attached hydrogen (secondary N) is 1. The van der Waals surface area contributed by atoms with Crippen LogP contribution in [0.15, 0.2) is 85.5 Å². The highest BCUT2D eigenvalue weighted by Gasteiger charge is 2.51. The molecule has 2 N–H and O–H groups in total. The van der Waals surface area contributed by atoms with Crippen LogP contribution in [-0.2, 0) is 27.4 Å². The Kier molecular flexibility index (Phi) is 9.90. The second kappa shape index (κ2) is 13.9. The van der Waals surface area contributed by atoms with Crippen molar-refractivity contribution in [3.8, 4) is 11.1 Å². The fourth-order valence-electron chi connectivity index (χ4n) is 8.40. The number of hydrogen-bond acceptors (Lipinski definition) is 6. The molecule has 6 rings (SSSR count). The van der Waals surface area contributed by atoms with Gasteiger partial charge in [-0.05, 0) is 64.0 Å². The Bertz CT molecular complexity index is 1540. The first-order valence-electron chi connectivity index (χ1n) is 17.0. The highest BCUT2D eigenvalue weighted by Crippen LogP contribution is 2.53. The number of alkyl carbamates (subject to hydrolysis) is 1. The van der Waals surface area contributed by atoms with Crippen LogP contribution in [0.3, 0.4) is 0 Å². The third-order valence-corrected chi connectivity index (χ3v) is 10.3. The van der Waals surface area contributed by atoms with Gasteiger partial charge in [0.15, 0.2) is 6.29 Å². The van der Waals surface area contributed by atoms with Crippen molar-refractivity contribution in [2.45, 2.75) is 84.6 Å². The number of aliphatic hydroxyl groups excluding tert-OH is 1. The summed E-state index contributed by atoms with van der Waals surface area (Å²) in [7, 11) is 0. The Balaban J connectivity index is 1.20. The van der Waals surface area contributed by atoms with Crippen molar-refractivity contribution >= 4 is 6.09 Å². The molecule has 3 aliphatic rings. The van der Waals surface area contributed by atoms with Crippen LogP contribution in [0.5, 0.6) is 0 Å². The van der Waals surface area contributed by atoms with Gasteiger partial charge in [0, 0.05) is 37.2 Å². The van der Waals surface area contributed by atoms with Crippen molar-refractivity contribution in [2.75, 3.05) is 19.7 Å². The molecule has 1 amide bonds. The molecule has 0 aromatic heterocycles. The van der Waals surface area contributed by atoms with E-state index in [0.717, 1.165) is 46.5 Å². The number of amides is 1. The average molecular weight is 639 g/mol. The van der Waals surface area contributed by atoms with Gasteiger partial charge in [0.2, 0.25) is 0 Å². The summed E-state index contributed by atoms with van der Waals surface area (Å²) in [5, 5.41) is 12.4. The Labute approximate surface area is 279 Å². The molecule has 47 heavy (non-hydrogen) atoms. The highest BCUT2D eigenvalue weighted by atomic mass is 16.7. The third-order valence-electron chi connectivity index (χ3n) is 10.3. The summed E-state index contributed by atoms with van der Waals surface area (Å²) in [5.74, 6) is 0.150. The van der Waals surface area contributed by atoms with Gasteiger partial charge in [-0.1, -0.05) is 107 Å². The maximum Gasteiger partial charge on any atom is 0.407 e. The number of likely N-dealkylation sites (tertiary alicyclic amines) is 1. The van der Waals surface area contributed by atoms with Crippen molar-refractivity contribution in [3.63, 3.8) is 0 Å². The normalized spacial score (nSPS) is 28.5. The molecular weight excluding hydrogens is 588 g/mol. The van der Waals surface area contributed by atoms with E-state index in [1.165, 1.54) is 19.3 Å². The molecule has 2 bridgehead atoms. The van der Waals surface area contributed by atoms with Gasteiger partial charge in [0.25, 0.3) is 0 Å². The summed E-state index contributed by atoms with van der Waals surface area (Å²) < 4.78 is 18.6. The molecule has 2 saturated heterocycles. The lowest BCUT2D eigenvalue weighted by Crippen LogP contribution is -2.46. The summed E-state index contributed by atoms with van der Waals surface area (Å²) in [4.78, 5) is 14.6. The fraction of sp³-hybridized carbons (Fsp3) is 0.475. The largest absolute Gasteiger partial charge is 0.445 e. The molecule has 1 saturated carbocycles. The van der Waals surface area contributed by atoms with E-state index >= 15 is 0 Å². The van der Waals surface area contributed by atoms with Crippen molar-refractivity contribution < 1.29 is 24.1 Å². The smallest absolute Gasteiger partial charge is 0.407 e. The van der Waals surface area contributed by atoms with E-state index in [1.54, 1.807) is 6.08 Å². The highest BCUT2D eigenvalue weighted by molar-refractivity contribution is 5.68. The summed E-state index contributed by atoms with van der Waals surface area (Å²) >= 11 is 0. The summed E-state index contributed by atoms with van der Waals surface area (Å²) in [6, 6.07) is 25.3. The van der Waals surface area contributed by atoms with Crippen LogP contribution in [0, 0.1) is 16.7 Å². The summed E-state index contributed by atoms with van der Waals surface area (Å²) in [5.41, 5.74) is 6.82. The average Bonchev–Trinajstić information content (AvgIpc) is 3.30. The van der Waals surface area contributed by atoms with E-state index in [2.05, 4.69) is 93.0 Å². The number of carbonyl (C=O) groups excluding carboxylic acids is 1. The van der Waals surface area contributed by atoms with E-state index in [0.29, 0.717) is 23.4 Å². The van der Waals surface area contributed by atoms with Crippen LogP contribution in [0.4, 0.5) is 4.79 Å². The van der Waals surface area contributed by atoms with Crippen LogP contribution in [0.1, 0.15) is 81.6 Å². The standard InChI is InChI=1S/C40H50N2O5/c1-6-18-45-38(44)41-22-29-8-7-9-33(19-29)30-14-16-32(17-15-30)37-46-35(23-42-26-40(5)21-34(42)20-39(3,4)25-40)27(2)36(47-37)31-12-10-28(24-43)11-13-31/h6-17,19,27,34-37,43H,1,18,20-26H2,2-5H3,(H,41,44). The first kappa shape index (κ1) is 33.4. The number of nitrogens with zero attached hydrogens (tertiary/aromatic N) is 1. The van der Waals surface area contributed by atoms with Gasteiger partial charge in [-0.15, -0.1) is 0 Å². The minimum Gasteiger partial charge on any atom is -0.445 e. The molecule has 2 aliphatic heterocycles. The van der Waals surface area contributed by atoms with Crippen LogP contribution >= 0.6 is 0 Å². The van der Waals surface area contributed by atoms with Gasteiger partial charge in [-0.3, -0.25) is 4.90 Å². The fourth-order valence-corrected chi connectivity index (χ4v) is 8.40. The first-order valence-corrected chi connectivity index (χ1v) is 17.0. The number of benzene rings is 3. The Morgan fingerprint density at radius 1 is 1.00 bits per heavy atom. The minimum atomic E-state index is -0.501. The molecule has 250 valence electrons. The predicted octanol–water partition coefficient (Wildman–Crippen LogP) is 7.95. The lowest BCUT2D eigenvalue weighted by Gasteiger charge is -2.43. The molecule has 3 aromatic carbocycles. The van der Waals surface area contributed by atoms with E-state index in [-0.39, 0.29) is 31.3 Å². The zero-order chi connectivity index (χ0) is 33.2. The van der Waals surface area contributed by atoms with Crippen LogP contribution < -0.4 is 5.32 Å². The van der Waals surface area contributed by atoms with E-state index in [4.69, 9.17) is 14.2 Å². The SMILES string of the molecule is C=CCOC(=O)NCc1cccc(-c2ccc(C3OC(CN4CC5(C)CC4CC(C)(C)C5)C(C)C(c4ccc(CO)cc4)O3)cc2)c1. The zero-order valence-corrected chi connectivity index (χ0v) is 28.3. The maximum atomic E-state index is 11.9. The molecule has 1 aliphatic carbocycles. The minimum absolute atomic E-state index is 0.00404. The van der Waals surface area contributed by atoms with Gasteiger partial charge in [0.05, 0.1) is 18.8 Å². The predicted molar refractivity (Wildman–Crippen MR) is 184 cm³/mol. The van der Waals surface area contributed by atoms with E-state index in [1.807, 2.05) is 24.3 Å². The molecule has 2 heterocycles. The quantitative estimate of drug-likeness (QED) is 0.220. The number of fused-ring (bicyclic) bond motifs is 2. The van der Waals surface area contributed by atoms with Crippen LogP contribution in [0.2, 0.25) is 0 Å². The zero-order valence-electron chi connectivity index (χ0n) is 28.3. The number of ether oxygens (including phenoxy) is 3. The van der Waals surface area contributed by atoms with Gasteiger partial charge in [-0.2, -0.15) is 0 Å². The summed E-state index contributed by atoms with van der Waals surface area (Å²) in [6.07, 6.45) is 4.21. The van der Waals surface area contributed by atoms with Crippen LogP contribution in [-0.4, -0.2) is 47.9 Å². The Hall–Kier alpha value is -3.49. The number of aliphatic hydroxyl groups is 1. The monoisotopic (exact) mass is 638 g/mol. The number of hydrogen-bond donors (Lipinski definition) is 2. The van der Waals surface area contributed by atoms with Gasteiger partial charge < -0.3 is 24.6 Å². The van der Waals surface area contributed by atoms with Crippen molar-refractivity contribution in [2.24, 2.45) is 16.7 Å². The topological polar surface area (TPSA) is 80.3 Å². The molecule has 6 atom stereocenters. The first-order chi connectivity index (χ1) is 22.5. The van der Waals surface area contributed by atoms with Crippen molar-refractivity contribution in [1.29, 1.82) is 0 Å². The van der Waals surface area contributed by atoms with Crippen LogP contribution in [0.25, 0.3) is 11.1 Å². The molecule has 7 heteroatoms. The number of rotatable bonds is 10. The lowest BCUT2D eigenvalue weighted by atomic mass is 9.65. The van der Waals surface area contributed by atoms with Gasteiger partial charge >= 0.3 is 6.09 Å². The molecule has 0 spiro atoms. The molecule has 3 fully saturated rings. The molecular formula is C40H50N2O5. The molecule has 0 radical (unpaired) electrons. The van der Waals surface area contributed by atoms with Gasteiger partial charge in [0.1, 0.15) is 6.61 Å². The lowest BCUT2D eigenvalue weighted by molar-refractivity contribution is -0.276. The maximum absolute atomic E-state index is 11.9. The van der Waals surface area contributed by atoms with Crippen molar-refractivity contribution in [1.82, 2.24) is 10.2 Å². The molecule has 7 nitrogen and oxygen atoms in total. The van der Waals surface area contributed by atoms with E-state index in [9.17, 15) is 9.90 Å². The Morgan fingerprint density at radius 2 is 1.74 bits per heavy atom. The third kappa shape index (κ3) is 7.81.